The minimum absolute atomic E-state index is 0.0255. The number of hydrogen-bond acceptors (Lipinski definition) is 5. The highest BCUT2D eigenvalue weighted by Crippen LogP contribution is 2.29. The van der Waals surface area contributed by atoms with Gasteiger partial charge in [-0.1, -0.05) is 19.9 Å². The molecule has 3 aromatic rings. The summed E-state index contributed by atoms with van der Waals surface area (Å²) < 4.78 is 13.8. The number of halogens is 1. The molecular formula is C27H30FN5O2. The smallest absolute Gasteiger partial charge is 0.251 e. The number of fused-ring (bicyclic) bond motifs is 1. The summed E-state index contributed by atoms with van der Waals surface area (Å²) in [6.07, 6.45) is 3.34. The van der Waals surface area contributed by atoms with Crippen LogP contribution in [0.3, 0.4) is 0 Å². The Morgan fingerprint density at radius 1 is 1.11 bits per heavy atom. The van der Waals surface area contributed by atoms with E-state index in [1.54, 1.807) is 36.4 Å². The molecule has 2 aromatic carbocycles. The van der Waals surface area contributed by atoms with Gasteiger partial charge in [-0.3, -0.25) is 14.6 Å². The largest absolute Gasteiger partial charge is 0.349 e. The average molecular weight is 476 g/mol. The van der Waals surface area contributed by atoms with Crippen molar-refractivity contribution in [1.29, 1.82) is 0 Å². The van der Waals surface area contributed by atoms with Crippen molar-refractivity contribution in [2.45, 2.75) is 58.5 Å². The molecule has 0 saturated heterocycles. The first-order valence-corrected chi connectivity index (χ1v) is 12.0. The summed E-state index contributed by atoms with van der Waals surface area (Å²) >= 11 is 0. The zero-order valence-corrected chi connectivity index (χ0v) is 20.2. The van der Waals surface area contributed by atoms with Crippen LogP contribution >= 0.6 is 0 Å². The zero-order valence-electron chi connectivity index (χ0n) is 20.2. The molecule has 1 aliphatic carbocycles. The number of rotatable bonds is 6. The normalized spacial score (nSPS) is 18.2. The number of anilines is 1. The number of pyridine rings is 1. The van der Waals surface area contributed by atoms with Gasteiger partial charge in [-0.25, -0.2) is 4.39 Å². The van der Waals surface area contributed by atoms with E-state index in [0.29, 0.717) is 34.3 Å². The molecule has 2 unspecified atom stereocenters. The number of hydrogen-bond donors (Lipinski definition) is 2. The molecule has 1 heterocycles. The molecule has 7 nitrogen and oxygen atoms in total. The molecule has 2 amide bonds. The SMILES string of the molecule is Cc1cc(N=NC2CCCC(NC(=O)c3cccc(NC(=O)C(C)C)c3)C2)c2cc(F)ccc2n1. The number of azo groups is 1. The Kier molecular flexibility index (Phi) is 7.48. The van der Waals surface area contributed by atoms with Crippen LogP contribution < -0.4 is 10.6 Å². The maximum atomic E-state index is 13.8. The van der Waals surface area contributed by atoms with Crippen molar-refractivity contribution in [3.63, 3.8) is 0 Å². The molecule has 1 saturated carbocycles. The summed E-state index contributed by atoms with van der Waals surface area (Å²) in [6.45, 7) is 5.51. The van der Waals surface area contributed by atoms with Crippen molar-refractivity contribution in [1.82, 2.24) is 10.3 Å². The molecule has 0 radical (unpaired) electrons. The van der Waals surface area contributed by atoms with E-state index in [2.05, 4.69) is 25.8 Å². The van der Waals surface area contributed by atoms with Crippen molar-refractivity contribution in [2.24, 2.45) is 16.1 Å². The van der Waals surface area contributed by atoms with Crippen LogP contribution in [0, 0.1) is 18.7 Å². The van der Waals surface area contributed by atoms with Crippen molar-refractivity contribution in [3.05, 3.63) is 65.6 Å². The highest BCUT2D eigenvalue weighted by molar-refractivity contribution is 5.97. The van der Waals surface area contributed by atoms with Crippen LogP contribution in [-0.4, -0.2) is 28.9 Å². The minimum atomic E-state index is -0.340. The highest BCUT2D eigenvalue weighted by atomic mass is 19.1. The van der Waals surface area contributed by atoms with Crippen molar-refractivity contribution in [2.75, 3.05) is 5.32 Å². The Balaban J connectivity index is 1.42. The molecule has 4 rings (SSSR count). The lowest BCUT2D eigenvalue weighted by atomic mass is 9.91. The minimum Gasteiger partial charge on any atom is -0.349 e. The predicted molar refractivity (Wildman–Crippen MR) is 134 cm³/mol. The number of nitrogens with one attached hydrogen (secondary N) is 2. The molecular weight excluding hydrogens is 445 g/mol. The quantitative estimate of drug-likeness (QED) is 0.422. The third kappa shape index (κ3) is 6.26. The van der Waals surface area contributed by atoms with E-state index in [4.69, 9.17) is 0 Å². The number of aryl methyl sites for hydroxylation is 1. The van der Waals surface area contributed by atoms with Gasteiger partial charge < -0.3 is 10.6 Å². The van der Waals surface area contributed by atoms with Gasteiger partial charge in [0.05, 0.1) is 17.2 Å². The van der Waals surface area contributed by atoms with Crippen molar-refractivity contribution in [3.8, 4) is 0 Å². The molecule has 0 spiro atoms. The number of nitrogens with zero attached hydrogens (tertiary/aromatic N) is 3. The number of amides is 2. The topological polar surface area (TPSA) is 95.8 Å². The Hall–Kier alpha value is -3.68. The van der Waals surface area contributed by atoms with Gasteiger partial charge in [0.1, 0.15) is 5.82 Å². The molecule has 182 valence electrons. The van der Waals surface area contributed by atoms with Crippen LogP contribution in [-0.2, 0) is 4.79 Å². The van der Waals surface area contributed by atoms with Crippen LogP contribution in [0.5, 0.6) is 0 Å². The van der Waals surface area contributed by atoms with Crippen LogP contribution in [0.15, 0.2) is 58.8 Å². The molecule has 1 aromatic heterocycles. The van der Waals surface area contributed by atoms with Crippen LogP contribution in [0.1, 0.15) is 55.6 Å². The maximum absolute atomic E-state index is 13.8. The van der Waals surface area contributed by atoms with Crippen molar-refractivity contribution < 1.29 is 14.0 Å². The van der Waals surface area contributed by atoms with Gasteiger partial charge in [-0.15, -0.1) is 0 Å². The molecule has 1 aliphatic rings. The van der Waals surface area contributed by atoms with Gasteiger partial charge >= 0.3 is 0 Å². The standard InChI is InChI=1S/C27H30FN5O2/c1-16(2)26(34)30-20-7-4-6-18(13-20)27(35)31-21-8-5-9-22(15-21)32-33-25-12-17(3)29-24-11-10-19(28)14-23(24)25/h4,6-7,10-14,16,21-22H,5,8-9,15H2,1-3H3,(H,30,34)(H,31,35). The molecule has 35 heavy (non-hydrogen) atoms. The first-order chi connectivity index (χ1) is 16.8. The Labute approximate surface area is 204 Å². The zero-order chi connectivity index (χ0) is 24.9. The molecule has 2 N–H and O–H groups in total. The lowest BCUT2D eigenvalue weighted by molar-refractivity contribution is -0.118. The van der Waals surface area contributed by atoms with Gasteiger partial charge in [-0.05, 0) is 75.1 Å². The summed E-state index contributed by atoms with van der Waals surface area (Å²) in [5, 5.41) is 15.5. The first-order valence-electron chi connectivity index (χ1n) is 12.0. The van der Waals surface area contributed by atoms with Crippen LogP contribution in [0.25, 0.3) is 10.9 Å². The summed E-state index contributed by atoms with van der Waals surface area (Å²) in [7, 11) is 0. The lowest BCUT2D eigenvalue weighted by Gasteiger charge is -2.27. The highest BCUT2D eigenvalue weighted by Gasteiger charge is 2.24. The Bertz CT molecular complexity index is 1270. The van der Waals surface area contributed by atoms with Crippen molar-refractivity contribution >= 4 is 34.1 Å². The van der Waals surface area contributed by atoms with Gasteiger partial charge in [0, 0.05) is 34.3 Å². The van der Waals surface area contributed by atoms with Gasteiger partial charge in [0.25, 0.3) is 5.91 Å². The first kappa shape index (κ1) is 24.4. The second kappa shape index (κ2) is 10.7. The monoisotopic (exact) mass is 475 g/mol. The Morgan fingerprint density at radius 3 is 2.74 bits per heavy atom. The third-order valence-corrected chi connectivity index (χ3v) is 6.10. The molecule has 1 fully saturated rings. The van der Waals surface area contributed by atoms with E-state index in [-0.39, 0.29) is 35.6 Å². The fourth-order valence-electron chi connectivity index (χ4n) is 4.23. The third-order valence-electron chi connectivity index (χ3n) is 6.10. The summed E-state index contributed by atoms with van der Waals surface area (Å²) in [6, 6.07) is 13.1. The van der Waals surface area contributed by atoms with E-state index >= 15 is 0 Å². The number of carbonyl (C=O) groups excluding carboxylic acids is 2. The van der Waals surface area contributed by atoms with E-state index in [1.165, 1.54) is 12.1 Å². The predicted octanol–water partition coefficient (Wildman–Crippen LogP) is 6.10. The summed E-state index contributed by atoms with van der Waals surface area (Å²) in [4.78, 5) is 29.3. The van der Waals surface area contributed by atoms with E-state index in [1.807, 2.05) is 20.8 Å². The molecule has 0 bridgehead atoms. The number of benzene rings is 2. The summed E-state index contributed by atoms with van der Waals surface area (Å²) in [5.74, 6) is -0.760. The van der Waals surface area contributed by atoms with E-state index in [0.717, 1.165) is 25.0 Å². The maximum Gasteiger partial charge on any atom is 0.251 e. The molecule has 2 atom stereocenters. The lowest BCUT2D eigenvalue weighted by Crippen LogP contribution is -2.39. The number of carbonyl (C=O) groups is 2. The fourth-order valence-corrected chi connectivity index (χ4v) is 4.23. The van der Waals surface area contributed by atoms with Gasteiger partial charge in [-0.2, -0.15) is 10.2 Å². The van der Waals surface area contributed by atoms with Gasteiger partial charge in [0.15, 0.2) is 0 Å². The average Bonchev–Trinajstić information content (AvgIpc) is 2.83. The van der Waals surface area contributed by atoms with Gasteiger partial charge in [0.2, 0.25) is 5.91 Å². The second-order valence-corrected chi connectivity index (χ2v) is 9.38. The number of aromatic nitrogens is 1. The summed E-state index contributed by atoms with van der Waals surface area (Å²) in [5.41, 5.74) is 3.16. The van der Waals surface area contributed by atoms with E-state index in [9.17, 15) is 14.0 Å². The Morgan fingerprint density at radius 2 is 1.94 bits per heavy atom. The van der Waals surface area contributed by atoms with E-state index < -0.39 is 0 Å². The molecule has 0 aliphatic heterocycles. The van der Waals surface area contributed by atoms with Crippen LogP contribution in [0.4, 0.5) is 15.8 Å². The second-order valence-electron chi connectivity index (χ2n) is 9.38. The molecule has 8 heteroatoms. The van der Waals surface area contributed by atoms with Crippen LogP contribution in [0.2, 0.25) is 0 Å². The fraction of sp³-hybridized carbons (Fsp3) is 0.370.